The van der Waals surface area contributed by atoms with Crippen molar-refractivity contribution in [3.05, 3.63) is 56.0 Å². The van der Waals surface area contributed by atoms with Gasteiger partial charge in [0.05, 0.1) is 36.9 Å². The van der Waals surface area contributed by atoms with Gasteiger partial charge >= 0.3 is 0 Å². The van der Waals surface area contributed by atoms with Gasteiger partial charge in [-0.1, -0.05) is 12.1 Å². The van der Waals surface area contributed by atoms with E-state index < -0.39 is 4.92 Å². The highest BCUT2D eigenvalue weighted by Gasteiger charge is 2.23. The van der Waals surface area contributed by atoms with Crippen LogP contribution in [0, 0.1) is 10.1 Å². The first-order valence-corrected chi connectivity index (χ1v) is 9.15. The van der Waals surface area contributed by atoms with E-state index in [0.29, 0.717) is 6.54 Å². The average molecular weight is 376 g/mol. The number of aromatic nitrogens is 1. The van der Waals surface area contributed by atoms with Gasteiger partial charge in [-0.15, -0.1) is 11.3 Å². The van der Waals surface area contributed by atoms with Gasteiger partial charge in [0.25, 0.3) is 11.6 Å². The van der Waals surface area contributed by atoms with Gasteiger partial charge in [0.15, 0.2) is 0 Å². The summed E-state index contributed by atoms with van der Waals surface area (Å²) in [6, 6.07) is 5.98. The van der Waals surface area contributed by atoms with E-state index in [1.54, 1.807) is 30.5 Å². The first kappa shape index (κ1) is 18.4. The Labute approximate surface area is 155 Å². The first-order valence-electron chi connectivity index (χ1n) is 8.27. The molecule has 0 bridgehead atoms. The zero-order chi connectivity index (χ0) is 18.5. The van der Waals surface area contributed by atoms with Crippen molar-refractivity contribution in [3.63, 3.8) is 0 Å². The van der Waals surface area contributed by atoms with E-state index in [0.717, 1.165) is 43.5 Å². The number of carbonyl (C=O) groups excluding carboxylic acids is 1. The molecule has 8 nitrogen and oxygen atoms in total. The number of hydrogen-bond acceptors (Lipinski definition) is 7. The minimum atomic E-state index is -0.537. The second kappa shape index (κ2) is 8.35. The summed E-state index contributed by atoms with van der Waals surface area (Å²) < 4.78 is 5.34. The van der Waals surface area contributed by atoms with Crippen molar-refractivity contribution in [2.45, 2.75) is 13.1 Å². The Morgan fingerprint density at radius 1 is 1.38 bits per heavy atom. The number of hydrogen-bond donors (Lipinski definition) is 0. The maximum Gasteiger partial charge on any atom is 0.282 e. The molecule has 0 radical (unpaired) electrons. The molecule has 3 rings (SSSR count). The van der Waals surface area contributed by atoms with Crippen LogP contribution in [0.2, 0.25) is 0 Å². The molecule has 1 fully saturated rings. The van der Waals surface area contributed by atoms with E-state index >= 15 is 0 Å². The molecule has 1 aromatic carbocycles. The van der Waals surface area contributed by atoms with E-state index in [2.05, 4.69) is 9.88 Å². The van der Waals surface area contributed by atoms with Gasteiger partial charge in [-0.2, -0.15) is 0 Å². The van der Waals surface area contributed by atoms with Crippen LogP contribution in [0.3, 0.4) is 0 Å². The van der Waals surface area contributed by atoms with Gasteiger partial charge in [0.2, 0.25) is 0 Å². The topological polar surface area (TPSA) is 88.8 Å². The Morgan fingerprint density at radius 2 is 2.12 bits per heavy atom. The van der Waals surface area contributed by atoms with Crippen molar-refractivity contribution in [1.29, 1.82) is 0 Å². The maximum absolute atomic E-state index is 12.6. The zero-order valence-corrected chi connectivity index (χ0v) is 15.3. The van der Waals surface area contributed by atoms with Crippen molar-refractivity contribution < 1.29 is 14.5 Å². The fourth-order valence-corrected chi connectivity index (χ4v) is 3.61. The summed E-state index contributed by atoms with van der Waals surface area (Å²) in [6.07, 6.45) is 0. The highest BCUT2D eigenvalue weighted by Crippen LogP contribution is 2.20. The van der Waals surface area contributed by atoms with E-state index in [9.17, 15) is 14.9 Å². The fraction of sp³-hybridized carbons (Fsp3) is 0.412. The standard InChI is InChI=1S/C17H20N4O4S/c1-19(17(22)14-4-2-3-5-15(14)21(23)24)10-13-12-26-16(18-13)11-20-6-8-25-9-7-20/h2-5,12H,6-11H2,1H3. The molecule has 138 valence electrons. The lowest BCUT2D eigenvalue weighted by molar-refractivity contribution is -0.385. The summed E-state index contributed by atoms with van der Waals surface area (Å²) in [6.45, 7) is 4.35. The molecule has 2 heterocycles. The summed E-state index contributed by atoms with van der Waals surface area (Å²) >= 11 is 1.56. The van der Waals surface area contributed by atoms with Crippen LogP contribution in [-0.4, -0.2) is 59.0 Å². The van der Waals surface area contributed by atoms with Crippen molar-refractivity contribution in [2.24, 2.45) is 0 Å². The van der Waals surface area contributed by atoms with Crippen molar-refractivity contribution in [2.75, 3.05) is 33.4 Å². The van der Waals surface area contributed by atoms with Gasteiger partial charge in [-0.25, -0.2) is 4.98 Å². The summed E-state index contributed by atoms with van der Waals surface area (Å²) in [7, 11) is 1.63. The van der Waals surface area contributed by atoms with Gasteiger partial charge in [0.1, 0.15) is 10.6 Å². The van der Waals surface area contributed by atoms with Crippen LogP contribution in [0.5, 0.6) is 0 Å². The third-order valence-electron chi connectivity index (χ3n) is 4.14. The van der Waals surface area contributed by atoms with Crippen LogP contribution in [0.15, 0.2) is 29.6 Å². The SMILES string of the molecule is CN(Cc1csc(CN2CCOCC2)n1)C(=O)c1ccccc1[N+](=O)[O-]. The minimum Gasteiger partial charge on any atom is -0.379 e. The van der Waals surface area contributed by atoms with Crippen molar-refractivity contribution >= 4 is 22.9 Å². The van der Waals surface area contributed by atoms with Crippen molar-refractivity contribution in [1.82, 2.24) is 14.8 Å². The molecular weight excluding hydrogens is 356 g/mol. The maximum atomic E-state index is 12.6. The molecule has 2 aromatic rings. The molecule has 0 saturated carbocycles. The molecule has 0 aliphatic carbocycles. The zero-order valence-electron chi connectivity index (χ0n) is 14.5. The highest BCUT2D eigenvalue weighted by molar-refractivity contribution is 7.09. The first-order chi connectivity index (χ1) is 12.5. The monoisotopic (exact) mass is 376 g/mol. The van der Waals surface area contributed by atoms with Gasteiger partial charge in [0, 0.05) is 31.6 Å². The Morgan fingerprint density at radius 3 is 2.85 bits per heavy atom. The number of morpholine rings is 1. The molecule has 1 amide bonds. The van der Waals surface area contributed by atoms with E-state index in [1.807, 2.05) is 5.38 Å². The number of ether oxygens (including phenoxy) is 1. The summed E-state index contributed by atoms with van der Waals surface area (Å²) in [5.74, 6) is -0.389. The fourth-order valence-electron chi connectivity index (χ4n) is 2.78. The Balaban J connectivity index is 1.64. The predicted molar refractivity (Wildman–Crippen MR) is 97.1 cm³/mol. The minimum absolute atomic E-state index is 0.0868. The molecule has 0 unspecified atom stereocenters. The molecule has 0 atom stereocenters. The normalized spacial score (nSPS) is 15.0. The second-order valence-electron chi connectivity index (χ2n) is 6.06. The largest absolute Gasteiger partial charge is 0.379 e. The van der Waals surface area contributed by atoms with E-state index in [4.69, 9.17) is 4.74 Å². The smallest absolute Gasteiger partial charge is 0.282 e. The molecular formula is C17H20N4O4S. The number of thiazole rings is 1. The van der Waals surface area contributed by atoms with Crippen LogP contribution < -0.4 is 0 Å². The number of rotatable bonds is 6. The molecule has 26 heavy (non-hydrogen) atoms. The number of nitro benzene ring substituents is 1. The predicted octanol–water partition coefficient (Wildman–Crippen LogP) is 2.16. The van der Waals surface area contributed by atoms with E-state index in [-0.39, 0.29) is 17.2 Å². The van der Waals surface area contributed by atoms with Gasteiger partial charge in [-0.3, -0.25) is 19.8 Å². The van der Waals surface area contributed by atoms with E-state index in [1.165, 1.54) is 17.0 Å². The molecule has 1 saturated heterocycles. The number of carbonyl (C=O) groups is 1. The quantitative estimate of drug-likeness (QED) is 0.567. The molecule has 1 aliphatic heterocycles. The molecule has 1 aliphatic rings. The summed E-state index contributed by atoms with van der Waals surface area (Å²) in [5.41, 5.74) is 0.687. The van der Waals surface area contributed by atoms with Crippen LogP contribution in [0.1, 0.15) is 21.1 Å². The summed E-state index contributed by atoms with van der Waals surface area (Å²) in [4.78, 5) is 31.5. The average Bonchev–Trinajstić information content (AvgIpc) is 3.08. The van der Waals surface area contributed by atoms with Crippen LogP contribution in [0.4, 0.5) is 5.69 Å². The molecule has 0 N–H and O–H groups in total. The number of nitrogens with zero attached hydrogens (tertiary/aromatic N) is 4. The number of amides is 1. The Kier molecular flexibility index (Phi) is 5.92. The third kappa shape index (κ3) is 4.43. The van der Waals surface area contributed by atoms with Crippen LogP contribution in [-0.2, 0) is 17.8 Å². The van der Waals surface area contributed by atoms with Crippen LogP contribution in [0.25, 0.3) is 0 Å². The Bertz CT molecular complexity index is 789. The Hall–Kier alpha value is -2.36. The van der Waals surface area contributed by atoms with Crippen LogP contribution >= 0.6 is 11.3 Å². The lowest BCUT2D eigenvalue weighted by Crippen LogP contribution is -2.35. The van der Waals surface area contributed by atoms with Crippen molar-refractivity contribution in [3.8, 4) is 0 Å². The number of para-hydroxylation sites is 1. The van der Waals surface area contributed by atoms with Gasteiger partial charge < -0.3 is 9.64 Å². The summed E-state index contributed by atoms with van der Waals surface area (Å²) in [5, 5.41) is 14.0. The lowest BCUT2D eigenvalue weighted by Gasteiger charge is -2.25. The third-order valence-corrected chi connectivity index (χ3v) is 5.02. The molecule has 1 aromatic heterocycles. The molecule has 0 spiro atoms. The van der Waals surface area contributed by atoms with Gasteiger partial charge in [-0.05, 0) is 6.07 Å². The number of benzene rings is 1. The number of nitro groups is 1. The second-order valence-corrected chi connectivity index (χ2v) is 7.00. The molecule has 9 heteroatoms. The lowest BCUT2D eigenvalue weighted by atomic mass is 10.1. The highest BCUT2D eigenvalue weighted by atomic mass is 32.1.